The lowest BCUT2D eigenvalue weighted by atomic mass is 10.2. The van der Waals surface area contributed by atoms with E-state index in [9.17, 15) is 4.79 Å². The molecular weight excluding hydrogens is 214 g/mol. The van der Waals surface area contributed by atoms with Crippen molar-refractivity contribution in [3.63, 3.8) is 0 Å². The SMILES string of the molecule is Cc1noc(CN2CCOCC2C(=O)O)n1. The number of morpholine rings is 1. The molecule has 0 saturated carbocycles. The number of carbonyl (C=O) groups is 1. The van der Waals surface area contributed by atoms with Gasteiger partial charge in [-0.2, -0.15) is 4.98 Å². The molecule has 7 heteroatoms. The van der Waals surface area contributed by atoms with Crippen LogP contribution in [-0.4, -0.2) is 51.9 Å². The van der Waals surface area contributed by atoms with E-state index in [1.807, 2.05) is 0 Å². The Morgan fingerprint density at radius 3 is 3.12 bits per heavy atom. The van der Waals surface area contributed by atoms with E-state index < -0.39 is 12.0 Å². The Kier molecular flexibility index (Phi) is 3.16. The van der Waals surface area contributed by atoms with Crippen molar-refractivity contribution in [1.82, 2.24) is 15.0 Å². The molecule has 1 aromatic heterocycles. The third-order valence-corrected chi connectivity index (χ3v) is 2.43. The minimum absolute atomic E-state index is 0.197. The van der Waals surface area contributed by atoms with Crippen molar-refractivity contribution in [1.29, 1.82) is 0 Å². The van der Waals surface area contributed by atoms with Gasteiger partial charge in [0.2, 0.25) is 5.89 Å². The van der Waals surface area contributed by atoms with Crippen LogP contribution in [0.1, 0.15) is 11.7 Å². The van der Waals surface area contributed by atoms with E-state index in [-0.39, 0.29) is 6.61 Å². The number of aryl methyl sites for hydroxylation is 1. The maximum absolute atomic E-state index is 11.0. The summed E-state index contributed by atoms with van der Waals surface area (Å²) < 4.78 is 10.1. The van der Waals surface area contributed by atoms with Gasteiger partial charge in [0.1, 0.15) is 6.04 Å². The van der Waals surface area contributed by atoms with Crippen molar-refractivity contribution in [3.05, 3.63) is 11.7 Å². The highest BCUT2D eigenvalue weighted by Gasteiger charge is 2.30. The summed E-state index contributed by atoms with van der Waals surface area (Å²) in [6.07, 6.45) is 0. The number of nitrogens with zero attached hydrogens (tertiary/aromatic N) is 3. The second-order valence-corrected chi connectivity index (χ2v) is 3.63. The topological polar surface area (TPSA) is 88.7 Å². The van der Waals surface area contributed by atoms with Crippen LogP contribution in [0.4, 0.5) is 0 Å². The summed E-state index contributed by atoms with van der Waals surface area (Å²) in [4.78, 5) is 16.8. The molecular formula is C9H13N3O4. The number of hydrogen-bond donors (Lipinski definition) is 1. The van der Waals surface area contributed by atoms with Crippen LogP contribution in [0.25, 0.3) is 0 Å². The van der Waals surface area contributed by atoms with Crippen LogP contribution in [0.3, 0.4) is 0 Å². The zero-order chi connectivity index (χ0) is 11.5. The second kappa shape index (κ2) is 4.58. The van der Waals surface area contributed by atoms with E-state index in [2.05, 4.69) is 10.1 Å². The first-order valence-corrected chi connectivity index (χ1v) is 5.00. The molecule has 0 aliphatic carbocycles. The third kappa shape index (κ3) is 2.37. The number of rotatable bonds is 3. The summed E-state index contributed by atoms with van der Waals surface area (Å²) in [6.45, 7) is 3.35. The average molecular weight is 227 g/mol. The first-order chi connectivity index (χ1) is 7.66. The first kappa shape index (κ1) is 11.0. The van der Waals surface area contributed by atoms with Crippen LogP contribution in [0, 0.1) is 6.92 Å². The monoisotopic (exact) mass is 227 g/mol. The Morgan fingerprint density at radius 2 is 2.50 bits per heavy atom. The van der Waals surface area contributed by atoms with E-state index >= 15 is 0 Å². The van der Waals surface area contributed by atoms with Gasteiger partial charge in [0.25, 0.3) is 0 Å². The molecule has 1 aromatic rings. The quantitative estimate of drug-likeness (QED) is 0.755. The molecule has 0 aromatic carbocycles. The highest BCUT2D eigenvalue weighted by Crippen LogP contribution is 2.11. The van der Waals surface area contributed by atoms with Crippen molar-refractivity contribution < 1.29 is 19.2 Å². The van der Waals surface area contributed by atoms with Gasteiger partial charge in [-0.3, -0.25) is 9.69 Å². The fourth-order valence-corrected chi connectivity index (χ4v) is 1.63. The molecule has 1 aliphatic rings. The fourth-order valence-electron chi connectivity index (χ4n) is 1.63. The molecule has 2 heterocycles. The van der Waals surface area contributed by atoms with Crippen molar-refractivity contribution in [3.8, 4) is 0 Å². The number of aliphatic carboxylic acids is 1. The highest BCUT2D eigenvalue weighted by molar-refractivity contribution is 5.73. The summed E-state index contributed by atoms with van der Waals surface area (Å²) >= 11 is 0. The Bertz CT molecular complexity index is 379. The van der Waals surface area contributed by atoms with Gasteiger partial charge in [0.15, 0.2) is 5.82 Å². The van der Waals surface area contributed by atoms with Gasteiger partial charge in [0.05, 0.1) is 19.8 Å². The predicted octanol–water partition coefficient (Wildman–Crippen LogP) is -0.337. The molecule has 0 bridgehead atoms. The van der Waals surface area contributed by atoms with Crippen LogP contribution in [0.15, 0.2) is 4.52 Å². The fraction of sp³-hybridized carbons (Fsp3) is 0.667. The van der Waals surface area contributed by atoms with Gasteiger partial charge in [0, 0.05) is 6.54 Å². The van der Waals surface area contributed by atoms with Crippen molar-refractivity contribution in [2.75, 3.05) is 19.8 Å². The molecule has 0 spiro atoms. The molecule has 1 unspecified atom stereocenters. The van der Waals surface area contributed by atoms with Gasteiger partial charge in [-0.1, -0.05) is 5.16 Å². The largest absolute Gasteiger partial charge is 0.480 e. The van der Waals surface area contributed by atoms with Gasteiger partial charge < -0.3 is 14.4 Å². The van der Waals surface area contributed by atoms with Crippen LogP contribution < -0.4 is 0 Å². The standard InChI is InChI=1S/C9H13N3O4/c1-6-10-8(16-11-6)4-12-2-3-15-5-7(12)9(13)14/h7H,2-5H2,1H3,(H,13,14). The second-order valence-electron chi connectivity index (χ2n) is 3.63. The number of aromatic nitrogens is 2. The maximum Gasteiger partial charge on any atom is 0.323 e. The molecule has 1 atom stereocenters. The molecule has 2 rings (SSSR count). The molecule has 88 valence electrons. The lowest BCUT2D eigenvalue weighted by Crippen LogP contribution is -2.49. The smallest absolute Gasteiger partial charge is 0.323 e. The maximum atomic E-state index is 11.0. The van der Waals surface area contributed by atoms with Crippen LogP contribution in [-0.2, 0) is 16.1 Å². The van der Waals surface area contributed by atoms with Crippen LogP contribution >= 0.6 is 0 Å². The summed E-state index contributed by atoms with van der Waals surface area (Å²) in [5.41, 5.74) is 0. The van der Waals surface area contributed by atoms with Gasteiger partial charge in [-0.25, -0.2) is 0 Å². The Balaban J connectivity index is 2.03. The molecule has 1 fully saturated rings. The van der Waals surface area contributed by atoms with Crippen LogP contribution in [0.5, 0.6) is 0 Å². The predicted molar refractivity (Wildman–Crippen MR) is 51.7 cm³/mol. The first-order valence-electron chi connectivity index (χ1n) is 5.00. The van der Waals surface area contributed by atoms with E-state index in [4.69, 9.17) is 14.4 Å². The normalized spacial score (nSPS) is 22.2. The van der Waals surface area contributed by atoms with Gasteiger partial charge >= 0.3 is 5.97 Å². The minimum Gasteiger partial charge on any atom is -0.480 e. The summed E-state index contributed by atoms with van der Waals surface area (Å²) in [5.74, 6) is 0.0942. The van der Waals surface area contributed by atoms with Crippen molar-refractivity contribution in [2.45, 2.75) is 19.5 Å². The van der Waals surface area contributed by atoms with Crippen LogP contribution in [0.2, 0.25) is 0 Å². The van der Waals surface area contributed by atoms with E-state index in [0.29, 0.717) is 31.4 Å². The van der Waals surface area contributed by atoms with E-state index in [1.54, 1.807) is 11.8 Å². The highest BCUT2D eigenvalue weighted by atomic mass is 16.5. The average Bonchev–Trinajstić information content (AvgIpc) is 2.64. The third-order valence-electron chi connectivity index (χ3n) is 2.43. The minimum atomic E-state index is -0.893. The Hall–Kier alpha value is -1.47. The van der Waals surface area contributed by atoms with E-state index in [1.165, 1.54) is 0 Å². The number of carboxylic acids is 1. The summed E-state index contributed by atoms with van der Waals surface area (Å²) in [5, 5.41) is 12.7. The number of ether oxygens (including phenoxy) is 1. The van der Waals surface area contributed by atoms with Gasteiger partial charge in [-0.15, -0.1) is 0 Å². The molecule has 0 radical (unpaired) electrons. The van der Waals surface area contributed by atoms with E-state index in [0.717, 1.165) is 0 Å². The Labute approximate surface area is 92.0 Å². The van der Waals surface area contributed by atoms with Crippen molar-refractivity contribution in [2.24, 2.45) is 0 Å². The lowest BCUT2D eigenvalue weighted by Gasteiger charge is -2.31. The number of carboxylic acid groups (broad SMARTS) is 1. The molecule has 1 aliphatic heterocycles. The zero-order valence-electron chi connectivity index (χ0n) is 8.92. The number of hydrogen-bond acceptors (Lipinski definition) is 6. The zero-order valence-corrected chi connectivity index (χ0v) is 8.92. The molecule has 16 heavy (non-hydrogen) atoms. The molecule has 1 N–H and O–H groups in total. The molecule has 1 saturated heterocycles. The molecule has 7 nitrogen and oxygen atoms in total. The Morgan fingerprint density at radius 1 is 1.69 bits per heavy atom. The summed E-state index contributed by atoms with van der Waals surface area (Å²) in [7, 11) is 0. The molecule has 0 amide bonds. The lowest BCUT2D eigenvalue weighted by molar-refractivity contribution is -0.150. The van der Waals surface area contributed by atoms with Crippen molar-refractivity contribution >= 4 is 5.97 Å². The summed E-state index contributed by atoms with van der Waals surface area (Å²) in [6, 6.07) is -0.638. The van der Waals surface area contributed by atoms with Gasteiger partial charge in [-0.05, 0) is 6.92 Å².